The summed E-state index contributed by atoms with van der Waals surface area (Å²) in [6.45, 7) is 4.52. The summed E-state index contributed by atoms with van der Waals surface area (Å²) < 4.78 is 41.4. The second-order valence-corrected chi connectivity index (χ2v) is 7.00. The molecule has 0 saturated carbocycles. The van der Waals surface area contributed by atoms with Crippen LogP contribution in [0.15, 0.2) is 0 Å². The van der Waals surface area contributed by atoms with Crippen molar-refractivity contribution in [2.24, 2.45) is 0 Å². The standard InChI is InChI=1S/C16H24F3N3O7/c1-8(12(26)20-7-10(23)16(17,18)19)21-13(27)9(5-6-11(24)25)22-14(28)29-15(2,3)4/h8-9H,5-7H2,1-4H3,(H,20,26)(H,21,27)(H,22,28)(H,24,25)/t8-,9-/m0/s1. The van der Waals surface area contributed by atoms with Crippen LogP contribution in [0.4, 0.5) is 18.0 Å². The number of alkyl carbamates (subject to hydrolysis) is 1. The minimum Gasteiger partial charge on any atom is -0.481 e. The molecule has 0 saturated heterocycles. The Morgan fingerprint density at radius 1 is 1.00 bits per heavy atom. The van der Waals surface area contributed by atoms with E-state index in [1.165, 1.54) is 0 Å². The molecule has 0 bridgehead atoms. The lowest BCUT2D eigenvalue weighted by molar-refractivity contribution is -0.170. The topological polar surface area (TPSA) is 151 Å². The number of ether oxygens (including phenoxy) is 1. The van der Waals surface area contributed by atoms with Gasteiger partial charge in [0.15, 0.2) is 0 Å². The van der Waals surface area contributed by atoms with E-state index in [-0.39, 0.29) is 6.42 Å². The van der Waals surface area contributed by atoms with Gasteiger partial charge in [0.05, 0.1) is 6.54 Å². The van der Waals surface area contributed by atoms with Crippen LogP contribution < -0.4 is 16.0 Å². The monoisotopic (exact) mass is 427 g/mol. The molecule has 10 nitrogen and oxygen atoms in total. The number of hydrogen-bond acceptors (Lipinski definition) is 6. The Kier molecular flexibility index (Phi) is 9.57. The number of aliphatic carboxylic acids is 1. The Hall–Kier alpha value is -2.86. The van der Waals surface area contributed by atoms with Gasteiger partial charge in [-0.15, -0.1) is 0 Å². The molecule has 0 rings (SSSR count). The molecule has 0 radical (unpaired) electrons. The molecule has 0 spiro atoms. The number of alkyl halides is 3. The maximum atomic E-state index is 12.3. The van der Waals surface area contributed by atoms with Crippen LogP contribution in [0.5, 0.6) is 0 Å². The molecule has 0 heterocycles. The van der Waals surface area contributed by atoms with Crippen LogP contribution in [-0.2, 0) is 23.9 Å². The predicted molar refractivity (Wildman–Crippen MR) is 91.7 cm³/mol. The Bertz CT molecular complexity index is 645. The van der Waals surface area contributed by atoms with Crippen LogP contribution in [0, 0.1) is 0 Å². The van der Waals surface area contributed by atoms with E-state index >= 15 is 0 Å². The Morgan fingerprint density at radius 3 is 2.00 bits per heavy atom. The summed E-state index contributed by atoms with van der Waals surface area (Å²) in [5.74, 6) is -5.45. The van der Waals surface area contributed by atoms with Crippen LogP contribution in [0.25, 0.3) is 0 Å². The molecule has 0 aliphatic carbocycles. The van der Waals surface area contributed by atoms with E-state index in [9.17, 15) is 37.1 Å². The van der Waals surface area contributed by atoms with Crippen molar-refractivity contribution in [1.82, 2.24) is 16.0 Å². The first kappa shape index (κ1) is 26.1. The van der Waals surface area contributed by atoms with Crippen LogP contribution >= 0.6 is 0 Å². The number of hydrogen-bond donors (Lipinski definition) is 4. The van der Waals surface area contributed by atoms with Crippen molar-refractivity contribution >= 4 is 29.7 Å². The normalized spacial score (nSPS) is 13.6. The van der Waals surface area contributed by atoms with Gasteiger partial charge in [-0.25, -0.2) is 4.79 Å². The number of carbonyl (C=O) groups excluding carboxylic acids is 4. The number of Topliss-reactive ketones (excluding diaryl/α,β-unsaturated/α-hetero) is 1. The summed E-state index contributed by atoms with van der Waals surface area (Å²) in [6, 6.07) is -2.75. The number of carboxylic acids is 1. The highest BCUT2D eigenvalue weighted by molar-refractivity contribution is 5.94. The second-order valence-electron chi connectivity index (χ2n) is 7.00. The van der Waals surface area contributed by atoms with E-state index in [0.717, 1.165) is 6.92 Å². The van der Waals surface area contributed by atoms with E-state index in [2.05, 4.69) is 10.6 Å². The molecule has 0 aromatic rings. The van der Waals surface area contributed by atoms with Gasteiger partial charge in [0.1, 0.15) is 17.7 Å². The average Bonchev–Trinajstić information content (AvgIpc) is 2.52. The lowest BCUT2D eigenvalue weighted by Gasteiger charge is -2.24. The zero-order valence-electron chi connectivity index (χ0n) is 16.3. The molecule has 2 atom stereocenters. The van der Waals surface area contributed by atoms with Gasteiger partial charge in [-0.2, -0.15) is 13.2 Å². The smallest absolute Gasteiger partial charge is 0.451 e. The van der Waals surface area contributed by atoms with Gasteiger partial charge in [-0.05, 0) is 34.1 Å². The molecular formula is C16H24F3N3O7. The summed E-state index contributed by atoms with van der Waals surface area (Å²) in [7, 11) is 0. The summed E-state index contributed by atoms with van der Waals surface area (Å²) in [6.07, 6.45) is -6.94. The Labute approximate surface area is 164 Å². The fourth-order valence-electron chi connectivity index (χ4n) is 1.79. The number of rotatable bonds is 9. The Morgan fingerprint density at radius 2 is 1.55 bits per heavy atom. The largest absolute Gasteiger partial charge is 0.481 e. The zero-order valence-corrected chi connectivity index (χ0v) is 16.3. The summed E-state index contributed by atoms with van der Waals surface area (Å²) in [4.78, 5) is 57.4. The maximum absolute atomic E-state index is 12.3. The van der Waals surface area contributed by atoms with Crippen LogP contribution in [0.3, 0.4) is 0 Å². The van der Waals surface area contributed by atoms with Gasteiger partial charge in [0.2, 0.25) is 11.8 Å². The number of ketones is 1. The van der Waals surface area contributed by atoms with Crippen molar-refractivity contribution in [3.05, 3.63) is 0 Å². The first-order chi connectivity index (χ1) is 13.0. The molecule has 0 aromatic heterocycles. The average molecular weight is 427 g/mol. The van der Waals surface area contributed by atoms with Gasteiger partial charge >= 0.3 is 18.2 Å². The van der Waals surface area contributed by atoms with E-state index in [1.807, 2.05) is 0 Å². The van der Waals surface area contributed by atoms with E-state index in [0.29, 0.717) is 0 Å². The van der Waals surface area contributed by atoms with Gasteiger partial charge in [-0.1, -0.05) is 0 Å². The Balaban J connectivity index is 4.92. The van der Waals surface area contributed by atoms with Crippen LogP contribution in [0.2, 0.25) is 0 Å². The summed E-state index contributed by atoms with van der Waals surface area (Å²) in [5.41, 5.74) is -0.893. The first-order valence-corrected chi connectivity index (χ1v) is 8.42. The third kappa shape index (κ3) is 11.5. The summed E-state index contributed by atoms with van der Waals surface area (Å²) >= 11 is 0. The van der Waals surface area contributed by atoms with Crippen molar-refractivity contribution in [2.75, 3.05) is 6.54 Å². The van der Waals surface area contributed by atoms with E-state index in [4.69, 9.17) is 9.84 Å². The van der Waals surface area contributed by atoms with Crippen molar-refractivity contribution in [2.45, 2.75) is 64.4 Å². The van der Waals surface area contributed by atoms with Crippen molar-refractivity contribution in [3.63, 3.8) is 0 Å². The molecule has 29 heavy (non-hydrogen) atoms. The molecule has 0 aliphatic rings. The molecular weight excluding hydrogens is 403 g/mol. The molecule has 166 valence electrons. The zero-order chi connectivity index (χ0) is 23.0. The predicted octanol–water partition coefficient (Wildman–Crippen LogP) is 0.497. The quantitative estimate of drug-likeness (QED) is 0.418. The van der Waals surface area contributed by atoms with Gasteiger partial charge in [-0.3, -0.25) is 19.2 Å². The van der Waals surface area contributed by atoms with Gasteiger partial charge in [0.25, 0.3) is 5.78 Å². The minimum atomic E-state index is -5.11. The van der Waals surface area contributed by atoms with E-state index in [1.54, 1.807) is 26.1 Å². The minimum absolute atomic E-state index is 0.332. The number of carboxylic acid groups (broad SMARTS) is 1. The second kappa shape index (κ2) is 10.6. The number of halogens is 3. The number of amides is 3. The molecule has 0 aliphatic heterocycles. The lowest BCUT2D eigenvalue weighted by atomic mass is 10.1. The van der Waals surface area contributed by atoms with Crippen molar-refractivity contribution in [1.29, 1.82) is 0 Å². The highest BCUT2D eigenvalue weighted by Gasteiger charge is 2.38. The molecule has 13 heteroatoms. The third-order valence-electron chi connectivity index (χ3n) is 3.15. The van der Waals surface area contributed by atoms with Crippen molar-refractivity contribution in [3.8, 4) is 0 Å². The highest BCUT2D eigenvalue weighted by atomic mass is 19.4. The fourth-order valence-corrected chi connectivity index (χ4v) is 1.79. The van der Waals surface area contributed by atoms with Crippen LogP contribution in [0.1, 0.15) is 40.5 Å². The summed E-state index contributed by atoms with van der Waals surface area (Å²) in [5, 5.41) is 14.8. The highest BCUT2D eigenvalue weighted by Crippen LogP contribution is 2.15. The molecule has 4 N–H and O–H groups in total. The molecule has 0 unspecified atom stereocenters. The fraction of sp³-hybridized carbons (Fsp3) is 0.688. The number of carbonyl (C=O) groups is 5. The third-order valence-corrected chi connectivity index (χ3v) is 3.15. The van der Waals surface area contributed by atoms with Gasteiger partial charge in [0, 0.05) is 6.42 Å². The molecule has 0 aromatic carbocycles. The van der Waals surface area contributed by atoms with Crippen LogP contribution in [-0.4, -0.2) is 65.2 Å². The number of nitrogens with one attached hydrogen (secondary N) is 3. The van der Waals surface area contributed by atoms with E-state index < -0.39 is 66.5 Å². The van der Waals surface area contributed by atoms with Crippen molar-refractivity contribution < 1.29 is 47.0 Å². The lowest BCUT2D eigenvalue weighted by Crippen LogP contribution is -2.54. The maximum Gasteiger partial charge on any atom is 0.451 e. The molecule has 0 fully saturated rings. The first-order valence-electron chi connectivity index (χ1n) is 8.42. The SMILES string of the molecule is C[C@H](NC(=O)[C@H](CCC(=O)O)NC(=O)OC(C)(C)C)C(=O)NCC(=O)C(F)(F)F. The molecule has 3 amide bonds. The van der Waals surface area contributed by atoms with Gasteiger partial charge < -0.3 is 25.8 Å².